The summed E-state index contributed by atoms with van der Waals surface area (Å²) >= 11 is 1.84. The maximum absolute atomic E-state index is 6.59. The van der Waals surface area contributed by atoms with Crippen LogP contribution in [0.25, 0.3) is 83.6 Å². The van der Waals surface area contributed by atoms with E-state index in [1.165, 1.54) is 31.8 Å². The van der Waals surface area contributed by atoms with Crippen molar-refractivity contribution in [2.24, 2.45) is 0 Å². The second kappa shape index (κ2) is 13.0. The summed E-state index contributed by atoms with van der Waals surface area (Å²) in [6, 6.07) is 65.5. The number of para-hydroxylation sites is 3. The Morgan fingerprint density at radius 3 is 1.90 bits per heavy atom. The van der Waals surface area contributed by atoms with E-state index < -0.39 is 0 Å². The van der Waals surface area contributed by atoms with E-state index in [2.05, 4.69) is 125 Å². The van der Waals surface area contributed by atoms with E-state index in [0.717, 1.165) is 61.2 Å². The van der Waals surface area contributed by atoms with Gasteiger partial charge in [0.1, 0.15) is 11.2 Å². The molecule has 11 aromatic rings. The molecule has 6 nitrogen and oxygen atoms in total. The van der Waals surface area contributed by atoms with Gasteiger partial charge in [-0.05, 0) is 60.7 Å². The summed E-state index contributed by atoms with van der Waals surface area (Å²) in [4.78, 5) is 20.0. The Balaban J connectivity index is 1.11. The number of nitrogens with zero attached hydrogens (tertiary/aromatic N) is 5. The van der Waals surface area contributed by atoms with Crippen molar-refractivity contribution in [1.29, 1.82) is 0 Å². The van der Waals surface area contributed by atoms with Crippen molar-refractivity contribution < 1.29 is 4.42 Å². The molecule has 0 amide bonds. The average molecular weight is 762 g/mol. The number of fused-ring (bicyclic) bond motifs is 9. The molecule has 0 saturated carbocycles. The zero-order valence-electron chi connectivity index (χ0n) is 31.0. The third kappa shape index (κ3) is 5.10. The van der Waals surface area contributed by atoms with E-state index in [4.69, 9.17) is 19.4 Å². The van der Waals surface area contributed by atoms with Crippen LogP contribution < -0.4 is 4.90 Å². The Hall–Kier alpha value is -7.48. The van der Waals surface area contributed by atoms with Gasteiger partial charge in [0.05, 0.1) is 27.3 Å². The van der Waals surface area contributed by atoms with Gasteiger partial charge in [-0.2, -0.15) is 0 Å². The van der Waals surface area contributed by atoms with E-state index in [1.54, 1.807) is 0 Å². The fraction of sp³-hybridized carbons (Fsp3) is 0. The van der Waals surface area contributed by atoms with Crippen molar-refractivity contribution in [3.05, 3.63) is 188 Å². The lowest BCUT2D eigenvalue weighted by molar-refractivity contribution is 0.669. The molecular formula is C51H31N5OS. The van der Waals surface area contributed by atoms with Crippen LogP contribution in [-0.4, -0.2) is 19.5 Å². The number of anilines is 3. The number of aromatic nitrogens is 4. The predicted octanol–water partition coefficient (Wildman–Crippen LogP) is 13.8. The highest BCUT2D eigenvalue weighted by atomic mass is 32.2. The number of hydrogen-bond donors (Lipinski definition) is 0. The van der Waals surface area contributed by atoms with Gasteiger partial charge in [-0.1, -0.05) is 139 Å². The Bertz CT molecular complexity index is 3320. The van der Waals surface area contributed by atoms with Crippen molar-refractivity contribution in [3.63, 3.8) is 0 Å². The summed E-state index contributed by atoms with van der Waals surface area (Å²) in [7, 11) is 0. The normalized spacial score (nSPS) is 12.4. The Labute approximate surface area is 337 Å². The molecule has 0 atom stereocenters. The third-order valence-electron chi connectivity index (χ3n) is 11.0. The third-order valence-corrected chi connectivity index (χ3v) is 12.2. The summed E-state index contributed by atoms with van der Waals surface area (Å²) in [6.45, 7) is 0. The van der Waals surface area contributed by atoms with Gasteiger partial charge < -0.3 is 13.9 Å². The molecule has 272 valence electrons. The minimum atomic E-state index is 0.591. The lowest BCUT2D eigenvalue weighted by Crippen LogP contribution is -2.15. The summed E-state index contributed by atoms with van der Waals surface area (Å²) in [5.41, 5.74) is 11.1. The Morgan fingerprint density at radius 2 is 1.12 bits per heavy atom. The van der Waals surface area contributed by atoms with E-state index in [1.807, 2.05) is 84.6 Å². The molecule has 58 heavy (non-hydrogen) atoms. The summed E-state index contributed by atoms with van der Waals surface area (Å²) in [5, 5.41) is 4.37. The number of hydrogen-bond acceptors (Lipinski definition) is 6. The highest BCUT2D eigenvalue weighted by Gasteiger charge is 2.29. The van der Waals surface area contributed by atoms with Crippen molar-refractivity contribution in [1.82, 2.24) is 19.5 Å². The fourth-order valence-electron chi connectivity index (χ4n) is 8.45. The van der Waals surface area contributed by atoms with E-state index in [0.29, 0.717) is 17.5 Å². The highest BCUT2D eigenvalue weighted by molar-refractivity contribution is 8.00. The van der Waals surface area contributed by atoms with Crippen LogP contribution in [0.1, 0.15) is 0 Å². The van der Waals surface area contributed by atoms with Gasteiger partial charge in [0.2, 0.25) is 0 Å². The predicted molar refractivity (Wildman–Crippen MR) is 237 cm³/mol. The van der Waals surface area contributed by atoms with Crippen molar-refractivity contribution >= 4 is 72.6 Å². The molecule has 12 rings (SSSR count). The molecule has 1 aliphatic heterocycles. The maximum Gasteiger partial charge on any atom is 0.164 e. The number of furan rings is 1. The molecule has 7 heteroatoms. The molecule has 0 unspecified atom stereocenters. The summed E-state index contributed by atoms with van der Waals surface area (Å²) < 4.78 is 9.02. The summed E-state index contributed by atoms with van der Waals surface area (Å²) in [6.07, 6.45) is 0. The van der Waals surface area contributed by atoms with Crippen molar-refractivity contribution in [2.75, 3.05) is 4.90 Å². The molecule has 0 bridgehead atoms. The number of benzene rings is 8. The van der Waals surface area contributed by atoms with Gasteiger partial charge in [0.25, 0.3) is 0 Å². The van der Waals surface area contributed by atoms with Gasteiger partial charge in [-0.15, -0.1) is 0 Å². The first kappa shape index (κ1) is 32.7. The maximum atomic E-state index is 6.59. The molecule has 0 spiro atoms. The molecule has 1 aliphatic rings. The molecule has 8 aromatic carbocycles. The van der Waals surface area contributed by atoms with Crippen LogP contribution in [0, 0.1) is 0 Å². The first-order valence-corrected chi connectivity index (χ1v) is 20.1. The quantitative estimate of drug-likeness (QED) is 0.174. The van der Waals surface area contributed by atoms with Crippen LogP contribution in [-0.2, 0) is 0 Å². The summed E-state index contributed by atoms with van der Waals surface area (Å²) in [5.74, 6) is 1.83. The zero-order valence-corrected chi connectivity index (χ0v) is 31.8. The molecule has 3 aromatic heterocycles. The number of rotatable bonds is 5. The largest absolute Gasteiger partial charge is 0.456 e. The van der Waals surface area contributed by atoms with Gasteiger partial charge in [0, 0.05) is 54.5 Å². The fourth-order valence-corrected chi connectivity index (χ4v) is 9.65. The van der Waals surface area contributed by atoms with Gasteiger partial charge in [0.15, 0.2) is 17.5 Å². The lowest BCUT2D eigenvalue weighted by Gasteiger charge is -2.33. The highest BCUT2D eigenvalue weighted by Crippen LogP contribution is 2.55. The van der Waals surface area contributed by atoms with Crippen LogP contribution in [0.5, 0.6) is 0 Å². The molecule has 4 heterocycles. The molecule has 0 radical (unpaired) electrons. The second-order valence-corrected chi connectivity index (χ2v) is 15.5. The second-order valence-electron chi connectivity index (χ2n) is 14.4. The smallest absolute Gasteiger partial charge is 0.164 e. The van der Waals surface area contributed by atoms with Crippen molar-refractivity contribution in [2.45, 2.75) is 9.79 Å². The standard InChI is InChI=1S/C51H31N5OS/c1-4-15-32(16-5-1)49-52-50(33-17-6-2-7-18-33)54-51(53-49)38-22-14-25-44-46(38)39-31-35(27-30-43(39)57-44)56-40-23-11-10-21-36(40)37-28-29-42-48(47(37)56)58-45-26-13-12-24-41(45)55(42)34-19-8-3-9-20-34/h1-31H. The van der Waals surface area contributed by atoms with Gasteiger partial charge >= 0.3 is 0 Å². The van der Waals surface area contributed by atoms with E-state index in [-0.39, 0.29) is 0 Å². The van der Waals surface area contributed by atoms with Gasteiger partial charge in [-0.25, -0.2) is 15.0 Å². The average Bonchev–Trinajstić information content (AvgIpc) is 3.85. The monoisotopic (exact) mass is 761 g/mol. The van der Waals surface area contributed by atoms with Crippen LogP contribution in [0.2, 0.25) is 0 Å². The van der Waals surface area contributed by atoms with E-state index >= 15 is 0 Å². The Morgan fingerprint density at radius 1 is 0.448 bits per heavy atom. The van der Waals surface area contributed by atoms with Crippen LogP contribution in [0.15, 0.2) is 202 Å². The first-order chi connectivity index (χ1) is 28.8. The minimum absolute atomic E-state index is 0.591. The topological polar surface area (TPSA) is 60.0 Å². The van der Waals surface area contributed by atoms with Crippen LogP contribution in [0.3, 0.4) is 0 Å². The molecule has 0 saturated heterocycles. The molecule has 0 N–H and O–H groups in total. The van der Waals surface area contributed by atoms with E-state index in [9.17, 15) is 0 Å². The van der Waals surface area contributed by atoms with Crippen LogP contribution >= 0.6 is 11.8 Å². The lowest BCUT2D eigenvalue weighted by atomic mass is 10.0. The molecule has 0 aliphatic carbocycles. The van der Waals surface area contributed by atoms with Gasteiger partial charge in [-0.3, -0.25) is 0 Å². The molecule has 0 fully saturated rings. The van der Waals surface area contributed by atoms with Crippen LogP contribution in [0.4, 0.5) is 17.1 Å². The SMILES string of the molecule is c1ccc(-c2nc(-c3ccccc3)nc(-c3cccc4oc5ccc(-n6c7ccccc7c7ccc8c(c76)Sc6ccccc6N8c6ccccc6)cc5c34)n2)cc1. The first-order valence-electron chi connectivity index (χ1n) is 19.3. The minimum Gasteiger partial charge on any atom is -0.456 e. The van der Waals surface area contributed by atoms with Crippen molar-refractivity contribution in [3.8, 4) is 39.9 Å². The Kier molecular flexibility index (Phi) is 7.36. The zero-order chi connectivity index (χ0) is 38.2. The molecular weight excluding hydrogens is 731 g/mol.